The van der Waals surface area contributed by atoms with Crippen LogP contribution in [0.1, 0.15) is 19.6 Å². The molecule has 5 nitrogen and oxygen atoms in total. The van der Waals surface area contributed by atoms with E-state index >= 15 is 0 Å². The van der Waals surface area contributed by atoms with E-state index in [1.807, 2.05) is 13.8 Å². The Labute approximate surface area is 129 Å². The van der Waals surface area contributed by atoms with Crippen molar-refractivity contribution in [3.63, 3.8) is 0 Å². The summed E-state index contributed by atoms with van der Waals surface area (Å²) in [5, 5.41) is 0. The number of benzene rings is 1. The van der Waals surface area contributed by atoms with Gasteiger partial charge in [0.1, 0.15) is 5.76 Å². The van der Waals surface area contributed by atoms with Gasteiger partial charge in [-0.05, 0) is 44.5 Å². The van der Waals surface area contributed by atoms with Gasteiger partial charge in [-0.3, -0.25) is 0 Å². The van der Waals surface area contributed by atoms with Gasteiger partial charge in [0.15, 0.2) is 9.84 Å². The SMILES string of the molecule is Cc1cc(-c2ccc(S(C)(=O)=O)cc2)c(OC(C)C)c(=O)o1. The second-order valence-electron chi connectivity index (χ2n) is 5.35. The lowest BCUT2D eigenvalue weighted by Crippen LogP contribution is -2.14. The summed E-state index contributed by atoms with van der Waals surface area (Å²) in [5.41, 5.74) is 0.734. The number of sulfone groups is 1. The lowest BCUT2D eigenvalue weighted by Gasteiger charge is -2.13. The molecule has 0 spiro atoms. The van der Waals surface area contributed by atoms with Crippen LogP contribution in [0, 0.1) is 6.92 Å². The monoisotopic (exact) mass is 322 g/mol. The molecule has 0 aliphatic carbocycles. The van der Waals surface area contributed by atoms with Crippen LogP contribution in [0.15, 0.2) is 44.4 Å². The molecule has 0 amide bonds. The Morgan fingerprint density at radius 3 is 2.23 bits per heavy atom. The lowest BCUT2D eigenvalue weighted by atomic mass is 10.1. The van der Waals surface area contributed by atoms with E-state index in [0.717, 1.165) is 6.26 Å². The van der Waals surface area contributed by atoms with Gasteiger partial charge in [-0.1, -0.05) is 12.1 Å². The minimum absolute atomic E-state index is 0.132. The molecule has 0 unspecified atom stereocenters. The standard InChI is InChI=1S/C16H18O5S/c1-10(2)20-15-14(9-11(3)21-16(15)17)12-5-7-13(8-6-12)22(4,18)19/h5-10H,1-4H3. The van der Waals surface area contributed by atoms with Crippen LogP contribution in [0.4, 0.5) is 0 Å². The Morgan fingerprint density at radius 1 is 1.14 bits per heavy atom. The van der Waals surface area contributed by atoms with Gasteiger partial charge in [0.2, 0.25) is 5.75 Å². The second kappa shape index (κ2) is 5.96. The van der Waals surface area contributed by atoms with Crippen LogP contribution >= 0.6 is 0 Å². The Bertz CT molecular complexity index is 830. The van der Waals surface area contributed by atoms with Crippen molar-refractivity contribution in [2.75, 3.05) is 6.26 Å². The molecule has 22 heavy (non-hydrogen) atoms. The first kappa shape index (κ1) is 16.3. The Morgan fingerprint density at radius 2 is 1.73 bits per heavy atom. The zero-order valence-electron chi connectivity index (χ0n) is 12.9. The first-order valence-electron chi connectivity index (χ1n) is 6.80. The third kappa shape index (κ3) is 3.57. The number of aryl methyl sites for hydroxylation is 1. The molecule has 0 saturated carbocycles. The van der Waals surface area contributed by atoms with Crippen LogP contribution in [0.5, 0.6) is 5.75 Å². The highest BCUT2D eigenvalue weighted by molar-refractivity contribution is 7.90. The van der Waals surface area contributed by atoms with Crippen molar-refractivity contribution < 1.29 is 17.6 Å². The normalized spacial score (nSPS) is 11.7. The Balaban J connectivity index is 2.59. The molecule has 1 aromatic heterocycles. The molecule has 0 N–H and O–H groups in total. The molecule has 6 heteroatoms. The highest BCUT2D eigenvalue weighted by Gasteiger charge is 2.16. The molecule has 1 heterocycles. The molecule has 0 saturated heterocycles. The minimum atomic E-state index is -3.26. The first-order valence-corrected chi connectivity index (χ1v) is 8.69. The maximum Gasteiger partial charge on any atom is 0.379 e. The molecular weight excluding hydrogens is 304 g/mol. The van der Waals surface area contributed by atoms with E-state index in [4.69, 9.17) is 9.15 Å². The summed E-state index contributed by atoms with van der Waals surface area (Å²) in [4.78, 5) is 12.2. The third-order valence-electron chi connectivity index (χ3n) is 2.98. The van der Waals surface area contributed by atoms with E-state index in [-0.39, 0.29) is 16.7 Å². The van der Waals surface area contributed by atoms with E-state index in [2.05, 4.69) is 0 Å². The predicted octanol–water partition coefficient (Wildman–Crippen LogP) is 2.81. The first-order chi connectivity index (χ1) is 10.2. The van der Waals surface area contributed by atoms with Gasteiger partial charge >= 0.3 is 5.63 Å². The molecule has 2 rings (SSSR count). The van der Waals surface area contributed by atoms with Crippen LogP contribution in [-0.4, -0.2) is 20.8 Å². The number of rotatable bonds is 4. The predicted molar refractivity (Wildman–Crippen MR) is 84.0 cm³/mol. The number of hydrogen-bond donors (Lipinski definition) is 0. The highest BCUT2D eigenvalue weighted by atomic mass is 32.2. The summed E-state index contributed by atoms with van der Waals surface area (Å²) in [7, 11) is -3.26. The molecule has 0 fully saturated rings. The quantitative estimate of drug-likeness (QED) is 0.865. The average Bonchev–Trinajstić information content (AvgIpc) is 2.40. The molecular formula is C16H18O5S. The van der Waals surface area contributed by atoms with Crippen LogP contribution < -0.4 is 10.4 Å². The molecule has 2 aromatic rings. The van der Waals surface area contributed by atoms with Gasteiger partial charge in [-0.15, -0.1) is 0 Å². The van der Waals surface area contributed by atoms with Crippen molar-refractivity contribution in [2.45, 2.75) is 31.8 Å². The van der Waals surface area contributed by atoms with Crippen molar-refractivity contribution in [1.29, 1.82) is 0 Å². The van der Waals surface area contributed by atoms with Gasteiger partial charge in [-0.25, -0.2) is 13.2 Å². The fraction of sp³-hybridized carbons (Fsp3) is 0.312. The summed E-state index contributed by atoms with van der Waals surface area (Å²) < 4.78 is 33.7. The fourth-order valence-electron chi connectivity index (χ4n) is 2.04. The zero-order chi connectivity index (χ0) is 16.5. The smallest absolute Gasteiger partial charge is 0.379 e. The van der Waals surface area contributed by atoms with Crippen molar-refractivity contribution in [3.05, 3.63) is 46.5 Å². The average molecular weight is 322 g/mol. The van der Waals surface area contributed by atoms with Gasteiger partial charge in [-0.2, -0.15) is 0 Å². The van der Waals surface area contributed by atoms with Gasteiger partial charge in [0.25, 0.3) is 0 Å². The van der Waals surface area contributed by atoms with Crippen LogP contribution in [0.2, 0.25) is 0 Å². The summed E-state index contributed by atoms with van der Waals surface area (Å²) in [6, 6.07) is 8.02. The number of hydrogen-bond acceptors (Lipinski definition) is 5. The van der Waals surface area contributed by atoms with E-state index in [0.29, 0.717) is 16.9 Å². The maximum absolute atomic E-state index is 12.0. The van der Waals surface area contributed by atoms with Crippen molar-refractivity contribution >= 4 is 9.84 Å². The van der Waals surface area contributed by atoms with Crippen molar-refractivity contribution in [2.24, 2.45) is 0 Å². The molecule has 0 aliphatic heterocycles. The highest BCUT2D eigenvalue weighted by Crippen LogP contribution is 2.29. The van der Waals surface area contributed by atoms with Crippen molar-refractivity contribution in [3.8, 4) is 16.9 Å². The van der Waals surface area contributed by atoms with E-state index < -0.39 is 15.5 Å². The van der Waals surface area contributed by atoms with E-state index in [9.17, 15) is 13.2 Å². The Hall–Kier alpha value is -2.08. The lowest BCUT2D eigenvalue weighted by molar-refractivity contribution is 0.230. The largest absolute Gasteiger partial charge is 0.483 e. The van der Waals surface area contributed by atoms with Crippen LogP contribution in [0.25, 0.3) is 11.1 Å². The summed E-state index contributed by atoms with van der Waals surface area (Å²) in [6.45, 7) is 5.31. The van der Waals surface area contributed by atoms with E-state index in [1.165, 1.54) is 12.1 Å². The second-order valence-corrected chi connectivity index (χ2v) is 7.37. The van der Waals surface area contributed by atoms with Crippen molar-refractivity contribution in [1.82, 2.24) is 0 Å². The zero-order valence-corrected chi connectivity index (χ0v) is 13.7. The van der Waals surface area contributed by atoms with Crippen LogP contribution in [-0.2, 0) is 9.84 Å². The minimum Gasteiger partial charge on any atom is -0.483 e. The topological polar surface area (TPSA) is 73.6 Å². The molecule has 0 aliphatic rings. The van der Waals surface area contributed by atoms with E-state index in [1.54, 1.807) is 25.1 Å². The fourth-order valence-corrected chi connectivity index (χ4v) is 2.67. The molecule has 0 bridgehead atoms. The van der Waals surface area contributed by atoms with Gasteiger partial charge < -0.3 is 9.15 Å². The van der Waals surface area contributed by atoms with Gasteiger partial charge in [0.05, 0.1) is 11.0 Å². The Kier molecular flexibility index (Phi) is 4.42. The maximum atomic E-state index is 12.0. The van der Waals surface area contributed by atoms with Crippen LogP contribution in [0.3, 0.4) is 0 Å². The molecule has 118 valence electrons. The molecule has 0 radical (unpaired) electrons. The van der Waals surface area contributed by atoms with Gasteiger partial charge in [0, 0.05) is 11.8 Å². The molecule has 0 atom stereocenters. The summed E-state index contributed by atoms with van der Waals surface area (Å²) in [6.07, 6.45) is 0.969. The third-order valence-corrected chi connectivity index (χ3v) is 4.11. The summed E-state index contributed by atoms with van der Waals surface area (Å²) in [5.74, 6) is 0.594. The summed E-state index contributed by atoms with van der Waals surface area (Å²) >= 11 is 0. The number of ether oxygens (including phenoxy) is 1. The molecule has 1 aromatic carbocycles.